The second-order valence-corrected chi connectivity index (χ2v) is 10.6. The van der Waals surface area contributed by atoms with Crippen molar-refractivity contribution in [2.45, 2.75) is 76.0 Å². The number of aliphatic imine (C=N–C) groups is 2. The number of benzene rings is 2. The van der Waals surface area contributed by atoms with Crippen molar-refractivity contribution >= 4 is 22.8 Å². The molecule has 2 aliphatic carbocycles. The maximum Gasteiger partial charge on any atom is 0.0675 e. The number of nitrogens with zero attached hydrogens (tertiary/aromatic N) is 2. The molecule has 0 amide bonds. The molecule has 2 heteroatoms. The van der Waals surface area contributed by atoms with E-state index in [0.717, 1.165) is 0 Å². The van der Waals surface area contributed by atoms with Crippen LogP contribution in [0, 0.1) is 11.8 Å². The summed E-state index contributed by atoms with van der Waals surface area (Å²) in [6, 6.07) is 17.7. The molecule has 2 heterocycles. The molecule has 2 spiro atoms. The Morgan fingerprint density at radius 3 is 1.53 bits per heavy atom. The quantitative estimate of drug-likeness (QED) is 0.468. The van der Waals surface area contributed by atoms with Gasteiger partial charge in [0.1, 0.15) is 0 Å². The third kappa shape index (κ3) is 2.71. The topological polar surface area (TPSA) is 24.7 Å². The van der Waals surface area contributed by atoms with E-state index in [2.05, 4.69) is 74.5 Å². The average Bonchev–Trinajstić information content (AvgIpc) is 3.30. The summed E-state index contributed by atoms with van der Waals surface area (Å²) in [7, 11) is 0. The van der Waals surface area contributed by atoms with Crippen molar-refractivity contribution in [3.63, 3.8) is 0 Å². The van der Waals surface area contributed by atoms with E-state index in [0.29, 0.717) is 11.8 Å². The van der Waals surface area contributed by atoms with Gasteiger partial charge in [-0.05, 0) is 72.9 Å². The lowest BCUT2D eigenvalue weighted by molar-refractivity contribution is 0.278. The highest BCUT2D eigenvalue weighted by molar-refractivity contribution is 6.16. The number of allylic oxidation sites excluding steroid dienone is 2. The van der Waals surface area contributed by atoms with Gasteiger partial charge >= 0.3 is 0 Å². The molecule has 0 saturated heterocycles. The number of rotatable bonds is 2. The number of hydrogen-bond acceptors (Lipinski definition) is 2. The lowest BCUT2D eigenvalue weighted by Crippen LogP contribution is -2.42. The first-order valence-electron chi connectivity index (χ1n) is 12.7. The van der Waals surface area contributed by atoms with Crippen molar-refractivity contribution in [2.24, 2.45) is 21.8 Å². The van der Waals surface area contributed by atoms with Gasteiger partial charge in [-0.1, -0.05) is 75.9 Å². The molecule has 4 unspecified atom stereocenters. The first-order chi connectivity index (χ1) is 15.7. The maximum absolute atomic E-state index is 5.22. The highest BCUT2D eigenvalue weighted by Gasteiger charge is 2.49. The van der Waals surface area contributed by atoms with Crippen LogP contribution in [0.4, 0.5) is 11.4 Å². The van der Waals surface area contributed by atoms with Crippen molar-refractivity contribution in [3.05, 3.63) is 71.8 Å². The van der Waals surface area contributed by atoms with Crippen LogP contribution in [0.1, 0.15) is 76.3 Å². The van der Waals surface area contributed by atoms with Crippen molar-refractivity contribution in [3.8, 4) is 0 Å². The molecule has 0 N–H and O–H groups in total. The van der Waals surface area contributed by atoms with E-state index in [1.807, 2.05) is 0 Å². The maximum atomic E-state index is 5.22. The van der Waals surface area contributed by atoms with Gasteiger partial charge < -0.3 is 0 Å². The summed E-state index contributed by atoms with van der Waals surface area (Å²) in [4.78, 5) is 10.4. The highest BCUT2D eigenvalue weighted by atomic mass is 14.9. The molecule has 0 radical (unpaired) electrons. The van der Waals surface area contributed by atoms with Crippen LogP contribution in [0.25, 0.3) is 0 Å². The second-order valence-electron chi connectivity index (χ2n) is 10.6. The summed E-state index contributed by atoms with van der Waals surface area (Å²) in [5.41, 5.74) is 7.93. The molecule has 2 aromatic rings. The van der Waals surface area contributed by atoms with Gasteiger partial charge in [-0.2, -0.15) is 0 Å². The Morgan fingerprint density at radius 1 is 0.656 bits per heavy atom. The minimum absolute atomic E-state index is 0.0721. The van der Waals surface area contributed by atoms with Crippen LogP contribution in [0.15, 0.2) is 70.7 Å². The molecule has 32 heavy (non-hydrogen) atoms. The normalized spacial score (nSPS) is 33.4. The monoisotopic (exact) mass is 422 g/mol. The molecule has 4 atom stereocenters. The SMILES string of the molecule is CC1CCCCC12C(/C=C/C1=Nc3ccccc3C13CCCCC3C)=Nc1ccccc12. The fraction of sp³-hybridized carbons (Fsp3) is 0.467. The summed E-state index contributed by atoms with van der Waals surface area (Å²) in [5, 5.41) is 0. The first-order valence-corrected chi connectivity index (χ1v) is 12.7. The number of para-hydroxylation sites is 2. The van der Waals surface area contributed by atoms with Gasteiger partial charge in [0.2, 0.25) is 0 Å². The van der Waals surface area contributed by atoms with Crippen LogP contribution >= 0.6 is 0 Å². The summed E-state index contributed by atoms with van der Waals surface area (Å²) in [6.07, 6.45) is 15.0. The minimum Gasteiger partial charge on any atom is -0.252 e. The van der Waals surface area contributed by atoms with Crippen molar-refractivity contribution in [1.29, 1.82) is 0 Å². The zero-order valence-electron chi connectivity index (χ0n) is 19.5. The Bertz CT molecular complexity index is 1050. The average molecular weight is 423 g/mol. The predicted octanol–water partition coefficient (Wildman–Crippen LogP) is 8.01. The van der Waals surface area contributed by atoms with Crippen molar-refractivity contribution in [2.75, 3.05) is 0 Å². The fourth-order valence-electron chi connectivity index (χ4n) is 7.42. The summed E-state index contributed by atoms with van der Waals surface area (Å²) in [5.74, 6) is 1.24. The van der Waals surface area contributed by atoms with Gasteiger partial charge in [0.15, 0.2) is 0 Å². The van der Waals surface area contributed by atoms with Crippen LogP contribution in [-0.4, -0.2) is 11.4 Å². The minimum atomic E-state index is 0.0721. The van der Waals surface area contributed by atoms with Gasteiger partial charge in [0.05, 0.1) is 22.8 Å². The van der Waals surface area contributed by atoms with E-state index < -0.39 is 0 Å². The zero-order valence-corrected chi connectivity index (χ0v) is 19.5. The molecular formula is C30H34N2. The Balaban J connectivity index is 1.43. The van der Waals surface area contributed by atoms with E-state index >= 15 is 0 Å². The molecule has 0 bridgehead atoms. The lowest BCUT2D eigenvalue weighted by Gasteiger charge is -2.42. The third-order valence-corrected chi connectivity index (χ3v) is 9.16. The summed E-state index contributed by atoms with van der Waals surface area (Å²) < 4.78 is 0. The van der Waals surface area contributed by atoms with Crippen LogP contribution in [0.5, 0.6) is 0 Å². The zero-order chi connectivity index (χ0) is 21.8. The molecule has 164 valence electrons. The standard InChI is InChI=1S/C30H34N2/c1-21-11-7-9-19-29(21)23-13-3-5-15-25(23)31-27(29)17-18-28-30(20-10-8-12-22(30)2)24-14-4-6-16-26(24)32-28/h3-6,13-18,21-22H,7-12,19-20H2,1-2H3/b18-17+. The lowest BCUT2D eigenvalue weighted by atomic mass is 9.60. The summed E-state index contributed by atoms with van der Waals surface area (Å²) >= 11 is 0. The highest BCUT2D eigenvalue weighted by Crippen LogP contribution is 2.54. The Hall–Kier alpha value is -2.48. The van der Waals surface area contributed by atoms with Crippen molar-refractivity contribution < 1.29 is 0 Å². The Morgan fingerprint density at radius 2 is 1.09 bits per heavy atom. The van der Waals surface area contributed by atoms with E-state index in [4.69, 9.17) is 9.98 Å². The van der Waals surface area contributed by atoms with Gasteiger partial charge in [-0.25, -0.2) is 0 Å². The molecule has 2 fully saturated rings. The van der Waals surface area contributed by atoms with E-state index in [-0.39, 0.29) is 10.8 Å². The van der Waals surface area contributed by atoms with Gasteiger partial charge in [-0.3, -0.25) is 9.98 Å². The van der Waals surface area contributed by atoms with Crippen LogP contribution < -0.4 is 0 Å². The largest absolute Gasteiger partial charge is 0.252 e. The second kappa shape index (κ2) is 7.54. The third-order valence-electron chi connectivity index (χ3n) is 9.16. The molecule has 2 aromatic carbocycles. The molecule has 2 aliphatic heterocycles. The smallest absolute Gasteiger partial charge is 0.0675 e. The number of hydrogen-bond donors (Lipinski definition) is 0. The van der Waals surface area contributed by atoms with E-state index in [9.17, 15) is 0 Å². The molecular weight excluding hydrogens is 388 g/mol. The molecule has 2 saturated carbocycles. The Kier molecular flexibility index (Phi) is 4.75. The molecule has 2 nitrogen and oxygen atoms in total. The molecule has 0 aromatic heterocycles. The number of fused-ring (bicyclic) bond motifs is 4. The van der Waals surface area contributed by atoms with Gasteiger partial charge in [0.25, 0.3) is 0 Å². The van der Waals surface area contributed by atoms with E-state index in [1.54, 1.807) is 0 Å². The van der Waals surface area contributed by atoms with Crippen molar-refractivity contribution in [1.82, 2.24) is 0 Å². The van der Waals surface area contributed by atoms with Gasteiger partial charge in [-0.15, -0.1) is 0 Å². The molecule has 4 aliphatic rings. The van der Waals surface area contributed by atoms with Crippen LogP contribution in [0.2, 0.25) is 0 Å². The fourth-order valence-corrected chi connectivity index (χ4v) is 7.42. The Labute approximate surface area is 192 Å². The van der Waals surface area contributed by atoms with Crippen LogP contribution in [0.3, 0.4) is 0 Å². The summed E-state index contributed by atoms with van der Waals surface area (Å²) in [6.45, 7) is 4.89. The predicted molar refractivity (Wildman–Crippen MR) is 135 cm³/mol. The molecule has 6 rings (SSSR count). The van der Waals surface area contributed by atoms with Crippen LogP contribution in [-0.2, 0) is 10.8 Å². The first kappa shape index (κ1) is 20.1. The van der Waals surface area contributed by atoms with Gasteiger partial charge in [0, 0.05) is 10.8 Å². The van der Waals surface area contributed by atoms with E-state index in [1.165, 1.54) is 85.3 Å².